The fraction of sp³-hybridized carbons (Fsp3) is 0.353. The summed E-state index contributed by atoms with van der Waals surface area (Å²) >= 11 is 0. The molecule has 1 aromatic carbocycles. The topological polar surface area (TPSA) is 61.4 Å². The summed E-state index contributed by atoms with van der Waals surface area (Å²) in [5, 5.41) is 2.87. The van der Waals surface area contributed by atoms with Gasteiger partial charge in [0, 0.05) is 24.7 Å². The number of aromatic nitrogens is 2. The molecule has 0 aliphatic carbocycles. The summed E-state index contributed by atoms with van der Waals surface area (Å²) in [4.78, 5) is 24.9. The van der Waals surface area contributed by atoms with E-state index in [-0.39, 0.29) is 6.03 Å². The minimum absolute atomic E-state index is 0.0922. The Morgan fingerprint density at radius 1 is 1.22 bits per heavy atom. The maximum atomic E-state index is 12.3. The Balaban J connectivity index is 1.61. The number of carbonyl (C=O) groups excluding carboxylic acids is 1. The fourth-order valence-corrected chi connectivity index (χ4v) is 2.68. The third kappa shape index (κ3) is 3.65. The van der Waals surface area contributed by atoms with Gasteiger partial charge < -0.3 is 15.1 Å². The van der Waals surface area contributed by atoms with E-state index in [1.165, 1.54) is 0 Å². The van der Waals surface area contributed by atoms with Crippen LogP contribution in [0.2, 0.25) is 0 Å². The van der Waals surface area contributed by atoms with E-state index in [2.05, 4.69) is 20.2 Å². The van der Waals surface area contributed by atoms with Crippen molar-refractivity contribution in [2.45, 2.75) is 12.5 Å². The lowest BCUT2D eigenvalue weighted by Crippen LogP contribution is -2.36. The lowest BCUT2D eigenvalue weighted by molar-refractivity contribution is 0.216. The van der Waals surface area contributed by atoms with Crippen LogP contribution < -0.4 is 5.32 Å². The Bertz CT molecular complexity index is 656. The van der Waals surface area contributed by atoms with E-state index in [4.69, 9.17) is 0 Å². The molecule has 1 unspecified atom stereocenters. The summed E-state index contributed by atoms with van der Waals surface area (Å²) in [5.74, 6) is 0.650. The highest BCUT2D eigenvalue weighted by molar-refractivity contribution is 5.89. The Labute approximate surface area is 136 Å². The first kappa shape index (κ1) is 15.4. The van der Waals surface area contributed by atoms with Crippen LogP contribution in [0.25, 0.3) is 11.4 Å². The van der Waals surface area contributed by atoms with Gasteiger partial charge in [-0.3, -0.25) is 0 Å². The highest BCUT2D eigenvalue weighted by Crippen LogP contribution is 2.17. The van der Waals surface area contributed by atoms with Crippen LogP contribution in [0.15, 0.2) is 42.7 Å². The standard InChI is InChI=1S/C17H21N5O/c1-21(2)15-8-9-22(12-15)17(23)20-14-10-18-16(19-11-14)13-6-4-3-5-7-13/h3-7,10-11,15H,8-9,12H2,1-2H3,(H,20,23). The van der Waals surface area contributed by atoms with E-state index < -0.39 is 0 Å². The number of anilines is 1. The van der Waals surface area contributed by atoms with Crippen LogP contribution in [0.4, 0.5) is 10.5 Å². The Hall–Kier alpha value is -2.47. The lowest BCUT2D eigenvalue weighted by Gasteiger charge is -2.20. The minimum atomic E-state index is -0.0922. The lowest BCUT2D eigenvalue weighted by atomic mass is 10.2. The number of rotatable bonds is 3. The molecule has 1 aliphatic heterocycles. The number of nitrogens with one attached hydrogen (secondary N) is 1. The first-order valence-corrected chi connectivity index (χ1v) is 7.73. The molecule has 23 heavy (non-hydrogen) atoms. The van der Waals surface area contributed by atoms with Crippen molar-refractivity contribution in [1.82, 2.24) is 19.8 Å². The van der Waals surface area contributed by atoms with E-state index >= 15 is 0 Å². The van der Waals surface area contributed by atoms with Crippen LogP contribution in [-0.2, 0) is 0 Å². The maximum Gasteiger partial charge on any atom is 0.321 e. The van der Waals surface area contributed by atoms with Crippen molar-refractivity contribution in [3.8, 4) is 11.4 Å². The van der Waals surface area contributed by atoms with Gasteiger partial charge in [0.05, 0.1) is 18.1 Å². The second kappa shape index (κ2) is 6.75. The van der Waals surface area contributed by atoms with E-state index in [0.717, 1.165) is 25.1 Å². The van der Waals surface area contributed by atoms with Crippen molar-refractivity contribution in [2.24, 2.45) is 0 Å². The van der Waals surface area contributed by atoms with Crippen LogP contribution in [0.1, 0.15) is 6.42 Å². The van der Waals surface area contributed by atoms with Gasteiger partial charge in [0.25, 0.3) is 0 Å². The second-order valence-electron chi connectivity index (χ2n) is 5.94. The number of carbonyl (C=O) groups is 1. The van der Waals surface area contributed by atoms with Gasteiger partial charge in [0.1, 0.15) is 0 Å². The van der Waals surface area contributed by atoms with Gasteiger partial charge in [-0.05, 0) is 20.5 Å². The van der Waals surface area contributed by atoms with Crippen LogP contribution >= 0.6 is 0 Å². The number of hydrogen-bond acceptors (Lipinski definition) is 4. The molecule has 1 fully saturated rings. The molecule has 120 valence electrons. The third-order valence-corrected chi connectivity index (χ3v) is 4.12. The number of benzene rings is 1. The molecule has 1 saturated heterocycles. The van der Waals surface area contributed by atoms with E-state index in [9.17, 15) is 4.79 Å². The number of hydrogen-bond donors (Lipinski definition) is 1. The average molecular weight is 311 g/mol. The highest BCUT2D eigenvalue weighted by Gasteiger charge is 2.27. The number of likely N-dealkylation sites (tertiary alicyclic amines) is 1. The van der Waals surface area contributed by atoms with Crippen molar-refractivity contribution in [3.05, 3.63) is 42.7 Å². The minimum Gasteiger partial charge on any atom is -0.323 e. The van der Waals surface area contributed by atoms with Crippen LogP contribution in [0.5, 0.6) is 0 Å². The first-order chi connectivity index (χ1) is 11.1. The molecule has 1 aromatic heterocycles. The first-order valence-electron chi connectivity index (χ1n) is 7.73. The number of likely N-dealkylation sites (N-methyl/N-ethyl adjacent to an activating group) is 1. The SMILES string of the molecule is CN(C)C1CCN(C(=O)Nc2cnc(-c3ccccc3)nc2)C1. The van der Waals surface area contributed by atoms with Gasteiger partial charge in [-0.2, -0.15) is 0 Å². The number of amides is 2. The Kier molecular flexibility index (Phi) is 4.52. The summed E-state index contributed by atoms with van der Waals surface area (Å²) in [5.41, 5.74) is 1.57. The molecule has 0 radical (unpaired) electrons. The van der Waals surface area contributed by atoms with Gasteiger partial charge in [-0.25, -0.2) is 14.8 Å². The van der Waals surface area contributed by atoms with Crippen LogP contribution in [0, 0.1) is 0 Å². The predicted molar refractivity (Wildman–Crippen MR) is 90.2 cm³/mol. The smallest absolute Gasteiger partial charge is 0.321 e. The van der Waals surface area contributed by atoms with Crippen molar-refractivity contribution in [1.29, 1.82) is 0 Å². The summed E-state index contributed by atoms with van der Waals surface area (Å²) < 4.78 is 0. The average Bonchev–Trinajstić information content (AvgIpc) is 3.07. The normalized spacial score (nSPS) is 17.5. The zero-order valence-electron chi connectivity index (χ0n) is 13.4. The second-order valence-corrected chi connectivity index (χ2v) is 5.94. The number of nitrogens with zero attached hydrogens (tertiary/aromatic N) is 4. The largest absolute Gasteiger partial charge is 0.323 e. The molecule has 2 aromatic rings. The monoisotopic (exact) mass is 311 g/mol. The molecular weight excluding hydrogens is 290 g/mol. The van der Waals surface area contributed by atoms with Crippen molar-refractivity contribution >= 4 is 11.7 Å². The molecule has 1 N–H and O–H groups in total. The van der Waals surface area contributed by atoms with Crippen LogP contribution in [0.3, 0.4) is 0 Å². The quantitative estimate of drug-likeness (QED) is 0.945. The Morgan fingerprint density at radius 3 is 2.52 bits per heavy atom. The van der Waals surface area contributed by atoms with Crippen molar-refractivity contribution < 1.29 is 4.79 Å². The fourth-order valence-electron chi connectivity index (χ4n) is 2.68. The van der Waals surface area contributed by atoms with Gasteiger partial charge in [-0.15, -0.1) is 0 Å². The summed E-state index contributed by atoms with van der Waals surface area (Å²) in [6.45, 7) is 1.53. The molecule has 0 bridgehead atoms. The Morgan fingerprint density at radius 2 is 1.91 bits per heavy atom. The van der Waals surface area contributed by atoms with E-state index in [1.54, 1.807) is 12.4 Å². The van der Waals surface area contributed by atoms with Crippen molar-refractivity contribution in [2.75, 3.05) is 32.5 Å². The summed E-state index contributed by atoms with van der Waals surface area (Å²) in [6, 6.07) is 10.1. The maximum absolute atomic E-state index is 12.3. The number of urea groups is 1. The molecule has 1 aliphatic rings. The molecule has 0 saturated carbocycles. The molecule has 3 rings (SSSR count). The van der Waals surface area contributed by atoms with Crippen LogP contribution in [-0.4, -0.2) is 59.0 Å². The highest BCUT2D eigenvalue weighted by atomic mass is 16.2. The molecule has 2 heterocycles. The van der Waals surface area contributed by atoms with E-state index in [1.807, 2.05) is 49.3 Å². The summed E-state index contributed by atoms with van der Waals surface area (Å²) in [6.07, 6.45) is 4.29. The zero-order chi connectivity index (χ0) is 16.2. The van der Waals surface area contributed by atoms with Gasteiger partial charge in [0.2, 0.25) is 0 Å². The van der Waals surface area contributed by atoms with E-state index in [0.29, 0.717) is 17.6 Å². The summed E-state index contributed by atoms with van der Waals surface area (Å²) in [7, 11) is 4.09. The molecular formula is C17H21N5O. The molecule has 1 atom stereocenters. The molecule has 2 amide bonds. The van der Waals surface area contributed by atoms with Crippen molar-refractivity contribution in [3.63, 3.8) is 0 Å². The molecule has 6 heteroatoms. The van der Waals surface area contributed by atoms with Gasteiger partial charge in [-0.1, -0.05) is 30.3 Å². The molecule has 6 nitrogen and oxygen atoms in total. The predicted octanol–water partition coefficient (Wildman–Crippen LogP) is 2.31. The van der Waals surface area contributed by atoms with Gasteiger partial charge >= 0.3 is 6.03 Å². The molecule has 0 spiro atoms. The van der Waals surface area contributed by atoms with Gasteiger partial charge in [0.15, 0.2) is 5.82 Å². The zero-order valence-corrected chi connectivity index (χ0v) is 13.4. The third-order valence-electron chi connectivity index (χ3n) is 4.12.